The lowest BCUT2D eigenvalue weighted by Gasteiger charge is -2.08. The summed E-state index contributed by atoms with van der Waals surface area (Å²) >= 11 is 0. The number of rotatable bonds is 2. The van der Waals surface area contributed by atoms with Gasteiger partial charge in [-0.1, -0.05) is 17.7 Å². The summed E-state index contributed by atoms with van der Waals surface area (Å²) in [6.07, 6.45) is 0. The van der Waals surface area contributed by atoms with Crippen molar-refractivity contribution in [3.8, 4) is 17.9 Å². The second kappa shape index (κ2) is 4.86. The maximum absolute atomic E-state index is 8.60. The van der Waals surface area contributed by atoms with Gasteiger partial charge in [0.15, 0.2) is 5.57 Å². The molecular formula is C12H11N3O. The fraction of sp³-hybridized carbons (Fsp3) is 0.167. The summed E-state index contributed by atoms with van der Waals surface area (Å²) < 4.78 is 5.26. The summed E-state index contributed by atoms with van der Waals surface area (Å²) in [5.41, 5.74) is 7.27. The molecule has 0 heterocycles. The molecule has 0 spiro atoms. The Hall–Kier alpha value is -2.46. The van der Waals surface area contributed by atoms with Crippen LogP contribution in [0.1, 0.15) is 11.1 Å². The van der Waals surface area contributed by atoms with Crippen LogP contribution in [0.4, 0.5) is 0 Å². The minimum Gasteiger partial charge on any atom is -0.439 e. The van der Waals surface area contributed by atoms with Crippen LogP contribution in [-0.4, -0.2) is 0 Å². The van der Waals surface area contributed by atoms with Crippen molar-refractivity contribution in [1.29, 1.82) is 10.5 Å². The van der Waals surface area contributed by atoms with Gasteiger partial charge in [0.05, 0.1) is 0 Å². The van der Waals surface area contributed by atoms with Crippen molar-refractivity contribution in [2.75, 3.05) is 0 Å². The summed E-state index contributed by atoms with van der Waals surface area (Å²) in [7, 11) is 0. The minimum atomic E-state index is -0.222. The molecule has 0 amide bonds. The maximum Gasteiger partial charge on any atom is 0.219 e. The average Bonchev–Trinajstić information content (AvgIpc) is 2.24. The van der Waals surface area contributed by atoms with Crippen molar-refractivity contribution >= 4 is 0 Å². The second-order valence-electron chi connectivity index (χ2n) is 3.33. The van der Waals surface area contributed by atoms with Gasteiger partial charge in [-0.25, -0.2) is 0 Å². The zero-order chi connectivity index (χ0) is 12.1. The summed E-state index contributed by atoms with van der Waals surface area (Å²) in [4.78, 5) is 0. The quantitative estimate of drug-likeness (QED) is 0.600. The van der Waals surface area contributed by atoms with E-state index in [2.05, 4.69) is 0 Å². The fourth-order valence-corrected chi connectivity index (χ4v) is 1.22. The predicted octanol–water partition coefficient (Wildman–Crippen LogP) is 1.90. The molecule has 0 unspecified atom stereocenters. The molecule has 4 heteroatoms. The summed E-state index contributed by atoms with van der Waals surface area (Å²) in [5.74, 6) is 0.378. The molecule has 0 bridgehead atoms. The third-order valence-corrected chi connectivity index (χ3v) is 2.02. The van der Waals surface area contributed by atoms with Gasteiger partial charge < -0.3 is 10.5 Å². The summed E-state index contributed by atoms with van der Waals surface area (Å²) in [5, 5.41) is 17.2. The number of benzene rings is 1. The van der Waals surface area contributed by atoms with E-state index in [0.29, 0.717) is 5.75 Å². The smallest absolute Gasteiger partial charge is 0.219 e. The Morgan fingerprint density at radius 1 is 1.25 bits per heavy atom. The van der Waals surface area contributed by atoms with E-state index >= 15 is 0 Å². The van der Waals surface area contributed by atoms with E-state index < -0.39 is 0 Å². The lowest BCUT2D eigenvalue weighted by Crippen LogP contribution is -2.09. The van der Waals surface area contributed by atoms with Crippen LogP contribution in [0, 0.1) is 36.5 Å². The first-order valence-electron chi connectivity index (χ1n) is 4.63. The van der Waals surface area contributed by atoms with Crippen LogP contribution >= 0.6 is 0 Å². The third-order valence-electron chi connectivity index (χ3n) is 2.02. The highest BCUT2D eigenvalue weighted by Crippen LogP contribution is 2.20. The molecule has 0 saturated carbocycles. The van der Waals surface area contributed by atoms with Crippen LogP contribution < -0.4 is 10.5 Å². The molecule has 0 aliphatic rings. The van der Waals surface area contributed by atoms with Crippen molar-refractivity contribution in [2.45, 2.75) is 13.8 Å². The molecule has 2 N–H and O–H groups in total. The molecule has 0 atom stereocenters. The number of nitrogens with two attached hydrogens (primary N) is 1. The zero-order valence-corrected chi connectivity index (χ0v) is 9.11. The van der Waals surface area contributed by atoms with E-state index in [-0.39, 0.29) is 11.5 Å². The van der Waals surface area contributed by atoms with Crippen LogP contribution in [0.2, 0.25) is 0 Å². The van der Waals surface area contributed by atoms with Gasteiger partial charge >= 0.3 is 0 Å². The Kier molecular flexibility index (Phi) is 3.53. The molecule has 1 aromatic rings. The molecule has 80 valence electrons. The highest BCUT2D eigenvalue weighted by molar-refractivity contribution is 5.41. The molecule has 0 aliphatic carbocycles. The number of hydrogen-bond donors (Lipinski definition) is 1. The van der Waals surface area contributed by atoms with Gasteiger partial charge in [0.25, 0.3) is 0 Å². The van der Waals surface area contributed by atoms with Crippen LogP contribution in [0.5, 0.6) is 5.75 Å². The Balaban J connectivity index is 3.04. The number of aryl methyl sites for hydroxylation is 2. The molecule has 1 aromatic carbocycles. The normalized spacial score (nSPS) is 8.75. The van der Waals surface area contributed by atoms with Crippen LogP contribution in [0.25, 0.3) is 0 Å². The standard InChI is InChI=1S/C12H11N3O/c1-8-3-4-11(9(2)5-8)16-12(15)10(6-13)7-14/h3-5H,15H2,1-2H3. The monoisotopic (exact) mass is 213 g/mol. The van der Waals surface area contributed by atoms with E-state index in [0.717, 1.165) is 11.1 Å². The SMILES string of the molecule is Cc1ccc(OC(N)=C(C#N)C#N)c(C)c1. The highest BCUT2D eigenvalue weighted by atomic mass is 16.5. The van der Waals surface area contributed by atoms with Gasteiger partial charge in [-0.05, 0) is 25.5 Å². The Bertz CT molecular complexity index is 502. The van der Waals surface area contributed by atoms with Crippen molar-refractivity contribution in [3.63, 3.8) is 0 Å². The Morgan fingerprint density at radius 3 is 2.38 bits per heavy atom. The fourth-order valence-electron chi connectivity index (χ4n) is 1.22. The van der Waals surface area contributed by atoms with E-state index in [4.69, 9.17) is 21.0 Å². The second-order valence-corrected chi connectivity index (χ2v) is 3.33. The number of nitriles is 2. The van der Waals surface area contributed by atoms with Crippen LogP contribution in [0.15, 0.2) is 29.7 Å². The minimum absolute atomic E-state index is 0.169. The highest BCUT2D eigenvalue weighted by Gasteiger charge is 2.06. The molecule has 16 heavy (non-hydrogen) atoms. The lowest BCUT2D eigenvalue weighted by molar-refractivity contribution is 0.414. The van der Waals surface area contributed by atoms with Crippen LogP contribution in [0.3, 0.4) is 0 Å². The van der Waals surface area contributed by atoms with Crippen molar-refractivity contribution < 1.29 is 4.74 Å². The van der Waals surface area contributed by atoms with E-state index in [9.17, 15) is 0 Å². The van der Waals surface area contributed by atoms with Gasteiger partial charge in [0.2, 0.25) is 5.88 Å². The average molecular weight is 213 g/mol. The van der Waals surface area contributed by atoms with E-state index in [1.54, 1.807) is 18.2 Å². The number of nitrogens with zero attached hydrogens (tertiary/aromatic N) is 2. The van der Waals surface area contributed by atoms with Gasteiger partial charge in [-0.3, -0.25) is 0 Å². The van der Waals surface area contributed by atoms with Crippen LogP contribution in [-0.2, 0) is 0 Å². The molecule has 0 saturated heterocycles. The summed E-state index contributed by atoms with van der Waals surface area (Å²) in [6.45, 7) is 3.83. The van der Waals surface area contributed by atoms with Crippen molar-refractivity contribution in [1.82, 2.24) is 0 Å². The molecular weight excluding hydrogens is 202 g/mol. The predicted molar refractivity (Wildman–Crippen MR) is 59.0 cm³/mol. The largest absolute Gasteiger partial charge is 0.439 e. The van der Waals surface area contributed by atoms with Gasteiger partial charge in [0, 0.05) is 0 Å². The van der Waals surface area contributed by atoms with Gasteiger partial charge in [0.1, 0.15) is 17.9 Å². The van der Waals surface area contributed by atoms with Gasteiger partial charge in [-0.2, -0.15) is 10.5 Å². The Morgan fingerprint density at radius 2 is 1.88 bits per heavy atom. The number of hydrogen-bond acceptors (Lipinski definition) is 4. The number of ether oxygens (including phenoxy) is 1. The Labute approximate surface area is 94.2 Å². The maximum atomic E-state index is 8.60. The van der Waals surface area contributed by atoms with Crippen molar-refractivity contribution in [2.24, 2.45) is 5.73 Å². The topological polar surface area (TPSA) is 82.8 Å². The zero-order valence-electron chi connectivity index (χ0n) is 9.11. The molecule has 1 rings (SSSR count). The molecule has 0 aliphatic heterocycles. The molecule has 0 fully saturated rings. The molecule has 0 radical (unpaired) electrons. The molecule has 4 nitrogen and oxygen atoms in total. The lowest BCUT2D eigenvalue weighted by atomic mass is 10.1. The first kappa shape index (κ1) is 11.6. The number of allylic oxidation sites excluding steroid dienone is 1. The molecule has 0 aromatic heterocycles. The summed E-state index contributed by atoms with van der Waals surface area (Å²) in [6, 6.07) is 8.90. The van der Waals surface area contributed by atoms with Crippen molar-refractivity contribution in [3.05, 3.63) is 40.8 Å². The first-order chi connectivity index (χ1) is 7.58. The van der Waals surface area contributed by atoms with Gasteiger partial charge in [-0.15, -0.1) is 0 Å². The third kappa shape index (κ3) is 2.52. The van der Waals surface area contributed by atoms with E-state index in [1.165, 1.54) is 0 Å². The first-order valence-corrected chi connectivity index (χ1v) is 4.63. The van der Waals surface area contributed by atoms with E-state index in [1.807, 2.05) is 26.0 Å².